The van der Waals surface area contributed by atoms with Gasteiger partial charge in [0.25, 0.3) is 0 Å². The predicted molar refractivity (Wildman–Crippen MR) is 72.0 cm³/mol. The molecule has 0 aliphatic heterocycles. The number of halogens is 3. The fourth-order valence-corrected chi connectivity index (χ4v) is 2.00. The van der Waals surface area contributed by atoms with Crippen LogP contribution < -0.4 is 0 Å². The molecule has 7 heteroatoms. The highest BCUT2D eigenvalue weighted by Crippen LogP contribution is 2.35. The molecule has 4 nitrogen and oxygen atoms in total. The van der Waals surface area contributed by atoms with Gasteiger partial charge in [0.1, 0.15) is 6.61 Å². The van der Waals surface area contributed by atoms with Crippen molar-refractivity contribution in [1.82, 2.24) is 0 Å². The predicted octanol–water partition coefficient (Wildman–Crippen LogP) is 3.22. The van der Waals surface area contributed by atoms with Crippen LogP contribution in [-0.4, -0.2) is 19.0 Å². The highest BCUT2D eigenvalue weighted by Gasteiger charge is 2.37. The second-order valence-electron chi connectivity index (χ2n) is 5.27. The lowest BCUT2D eigenvalue weighted by molar-refractivity contribution is -0.146. The molecule has 122 valence electrons. The summed E-state index contributed by atoms with van der Waals surface area (Å²) in [5.41, 5.74) is -1.77. The lowest BCUT2D eigenvalue weighted by Gasteiger charge is -2.26. The van der Waals surface area contributed by atoms with Gasteiger partial charge in [-0.15, -0.1) is 0 Å². The van der Waals surface area contributed by atoms with Gasteiger partial charge < -0.3 is 9.47 Å². The van der Waals surface area contributed by atoms with Crippen LogP contribution in [-0.2, 0) is 37.3 Å². The first-order valence-corrected chi connectivity index (χ1v) is 6.42. The van der Waals surface area contributed by atoms with Crippen LogP contribution in [0.15, 0.2) is 18.2 Å². The van der Waals surface area contributed by atoms with Crippen molar-refractivity contribution in [2.24, 2.45) is 0 Å². The molecule has 0 saturated heterocycles. The van der Waals surface area contributed by atoms with Crippen molar-refractivity contribution in [3.8, 4) is 0 Å². The number of esters is 2. The summed E-state index contributed by atoms with van der Waals surface area (Å²) in [6.45, 7) is 3.87. The summed E-state index contributed by atoms with van der Waals surface area (Å²) in [6.07, 6.45) is -4.54. The van der Waals surface area contributed by atoms with Gasteiger partial charge in [0.05, 0.1) is 18.1 Å². The van der Waals surface area contributed by atoms with Crippen LogP contribution in [0.1, 0.15) is 37.5 Å². The van der Waals surface area contributed by atoms with Crippen LogP contribution in [0.25, 0.3) is 0 Å². The third kappa shape index (κ3) is 3.99. The second kappa shape index (κ2) is 6.37. The quantitative estimate of drug-likeness (QED) is 0.800. The molecule has 0 atom stereocenters. The molecule has 0 unspecified atom stereocenters. The van der Waals surface area contributed by atoms with Gasteiger partial charge >= 0.3 is 18.1 Å². The van der Waals surface area contributed by atoms with Gasteiger partial charge in [0, 0.05) is 6.92 Å². The van der Waals surface area contributed by atoms with Gasteiger partial charge in [-0.25, -0.2) is 0 Å². The summed E-state index contributed by atoms with van der Waals surface area (Å²) in [4.78, 5) is 22.8. The molecule has 1 aromatic carbocycles. The molecule has 0 radical (unpaired) electrons. The molecule has 0 spiro atoms. The molecule has 0 aromatic heterocycles. The number of hydrogen-bond donors (Lipinski definition) is 0. The number of hydrogen-bond acceptors (Lipinski definition) is 4. The number of alkyl halides is 3. The standard InChI is InChI=1S/C15H17F3O4/c1-9(19)22-8-10-5-6-11(15(16,17)18)7-12(10)14(2,3)13(20)21-4/h5-7H,8H2,1-4H3. The molecular formula is C15H17F3O4. The van der Waals surface area contributed by atoms with E-state index >= 15 is 0 Å². The lowest BCUT2D eigenvalue weighted by Crippen LogP contribution is -2.32. The molecule has 0 aliphatic rings. The Balaban J connectivity index is 3.40. The summed E-state index contributed by atoms with van der Waals surface area (Å²) in [5, 5.41) is 0. The van der Waals surface area contributed by atoms with Crippen LogP contribution in [0, 0.1) is 0 Å². The zero-order valence-corrected chi connectivity index (χ0v) is 12.7. The summed E-state index contributed by atoms with van der Waals surface area (Å²) < 4.78 is 48.1. The Morgan fingerprint density at radius 3 is 2.23 bits per heavy atom. The van der Waals surface area contributed by atoms with E-state index in [9.17, 15) is 22.8 Å². The van der Waals surface area contributed by atoms with Crippen molar-refractivity contribution >= 4 is 11.9 Å². The normalized spacial score (nSPS) is 12.0. The van der Waals surface area contributed by atoms with Gasteiger partial charge in [-0.05, 0) is 37.1 Å². The topological polar surface area (TPSA) is 52.6 Å². The number of rotatable bonds is 4. The first kappa shape index (κ1) is 18.0. The molecule has 1 rings (SSSR count). The average molecular weight is 318 g/mol. The summed E-state index contributed by atoms with van der Waals surface area (Å²) >= 11 is 0. The van der Waals surface area contributed by atoms with Crippen LogP contribution in [0.5, 0.6) is 0 Å². The second-order valence-corrected chi connectivity index (χ2v) is 5.27. The van der Waals surface area contributed by atoms with E-state index in [1.54, 1.807) is 0 Å². The molecule has 0 heterocycles. The largest absolute Gasteiger partial charge is 0.468 e. The minimum Gasteiger partial charge on any atom is -0.468 e. The SMILES string of the molecule is COC(=O)C(C)(C)c1cc(C(F)(F)F)ccc1COC(C)=O. The number of benzene rings is 1. The van der Waals surface area contributed by atoms with Crippen LogP contribution in [0.4, 0.5) is 13.2 Å². The Bertz CT molecular complexity index is 577. The van der Waals surface area contributed by atoms with Crippen molar-refractivity contribution < 1.29 is 32.2 Å². The molecule has 0 amide bonds. The van der Waals surface area contributed by atoms with Gasteiger partial charge in [0.2, 0.25) is 0 Å². The highest BCUT2D eigenvalue weighted by atomic mass is 19.4. The van der Waals surface area contributed by atoms with E-state index in [0.717, 1.165) is 19.2 Å². The minimum atomic E-state index is -4.54. The molecule has 1 aromatic rings. The van der Waals surface area contributed by atoms with Gasteiger partial charge in [-0.2, -0.15) is 13.2 Å². The Morgan fingerprint density at radius 2 is 1.77 bits per heavy atom. The summed E-state index contributed by atoms with van der Waals surface area (Å²) in [6, 6.07) is 2.97. The molecule has 0 N–H and O–H groups in total. The molecule has 0 bridgehead atoms. The molecule has 0 aliphatic carbocycles. The first-order valence-electron chi connectivity index (χ1n) is 6.42. The fraction of sp³-hybridized carbons (Fsp3) is 0.467. The van der Waals surface area contributed by atoms with Crippen LogP contribution in [0.2, 0.25) is 0 Å². The third-order valence-corrected chi connectivity index (χ3v) is 3.24. The van der Waals surface area contributed by atoms with Crippen molar-refractivity contribution in [2.75, 3.05) is 7.11 Å². The van der Waals surface area contributed by atoms with Crippen molar-refractivity contribution in [2.45, 2.75) is 39.0 Å². The van der Waals surface area contributed by atoms with E-state index in [4.69, 9.17) is 4.74 Å². The maximum atomic E-state index is 12.9. The van der Waals surface area contributed by atoms with Crippen molar-refractivity contribution in [3.63, 3.8) is 0 Å². The Hall–Kier alpha value is -2.05. The average Bonchev–Trinajstić information content (AvgIpc) is 2.42. The highest BCUT2D eigenvalue weighted by molar-refractivity contribution is 5.82. The zero-order valence-electron chi connectivity index (χ0n) is 12.7. The zero-order chi connectivity index (χ0) is 17.1. The molecule has 0 saturated carbocycles. The molecular weight excluding hydrogens is 301 g/mol. The smallest absolute Gasteiger partial charge is 0.416 e. The Kier molecular flexibility index (Phi) is 5.22. The fourth-order valence-electron chi connectivity index (χ4n) is 2.00. The maximum absolute atomic E-state index is 12.9. The lowest BCUT2D eigenvalue weighted by atomic mass is 9.81. The van der Waals surface area contributed by atoms with E-state index in [-0.39, 0.29) is 12.2 Å². The Morgan fingerprint density at radius 1 is 1.18 bits per heavy atom. The monoisotopic (exact) mass is 318 g/mol. The van der Waals surface area contributed by atoms with Gasteiger partial charge in [-0.1, -0.05) is 6.07 Å². The number of carbonyl (C=O) groups excluding carboxylic acids is 2. The maximum Gasteiger partial charge on any atom is 0.416 e. The number of carbonyl (C=O) groups is 2. The van der Waals surface area contributed by atoms with E-state index in [1.165, 1.54) is 26.8 Å². The van der Waals surface area contributed by atoms with Gasteiger partial charge in [0.15, 0.2) is 0 Å². The molecule has 22 heavy (non-hydrogen) atoms. The van der Waals surface area contributed by atoms with E-state index in [0.29, 0.717) is 5.56 Å². The van der Waals surface area contributed by atoms with Crippen molar-refractivity contribution in [1.29, 1.82) is 0 Å². The van der Waals surface area contributed by atoms with E-state index in [1.807, 2.05) is 0 Å². The summed E-state index contributed by atoms with van der Waals surface area (Å²) in [5.74, 6) is -1.25. The van der Waals surface area contributed by atoms with Gasteiger partial charge in [-0.3, -0.25) is 9.59 Å². The van der Waals surface area contributed by atoms with Crippen LogP contribution in [0.3, 0.4) is 0 Å². The summed E-state index contributed by atoms with van der Waals surface area (Å²) in [7, 11) is 1.16. The van der Waals surface area contributed by atoms with E-state index in [2.05, 4.69) is 4.74 Å². The van der Waals surface area contributed by atoms with E-state index < -0.39 is 29.1 Å². The van der Waals surface area contributed by atoms with Crippen molar-refractivity contribution in [3.05, 3.63) is 34.9 Å². The van der Waals surface area contributed by atoms with Crippen LogP contribution >= 0.6 is 0 Å². The first-order chi connectivity index (χ1) is 10.00. The Labute approximate surface area is 126 Å². The minimum absolute atomic E-state index is 0.107. The third-order valence-electron chi connectivity index (χ3n) is 3.24. The molecule has 0 fully saturated rings. The number of ether oxygens (including phenoxy) is 2. The number of methoxy groups -OCH3 is 1.